The predicted molar refractivity (Wildman–Crippen MR) is 69.9 cm³/mol. The lowest BCUT2D eigenvalue weighted by Gasteiger charge is -2.26. The van der Waals surface area contributed by atoms with Crippen LogP contribution in [0.1, 0.15) is 27.7 Å². The molecular weight excluding hydrogens is 270 g/mol. The summed E-state index contributed by atoms with van der Waals surface area (Å²) < 4.78 is 35.4. The lowest BCUT2D eigenvalue weighted by Crippen LogP contribution is -2.47. The number of hydrogen-bond donors (Lipinski definition) is 2. The molecule has 0 aliphatic carbocycles. The van der Waals surface area contributed by atoms with Crippen LogP contribution in [0.5, 0.6) is 0 Å². The first-order valence-corrected chi connectivity index (χ1v) is 7.10. The molecule has 0 fully saturated rings. The van der Waals surface area contributed by atoms with Crippen molar-refractivity contribution in [2.24, 2.45) is 0 Å². The van der Waals surface area contributed by atoms with Crippen molar-refractivity contribution in [2.75, 3.05) is 5.94 Å². The Morgan fingerprint density at radius 2 is 2.00 bits per heavy atom. The molecule has 0 aromatic heterocycles. The van der Waals surface area contributed by atoms with Crippen LogP contribution >= 0.6 is 24.8 Å². The van der Waals surface area contributed by atoms with E-state index in [2.05, 4.69) is 29.6 Å². The molecule has 0 radical (unpaired) electrons. The third kappa shape index (κ3) is 8.28. The Kier molecular flexibility index (Phi) is 6.20. The number of nitrogens with one attached hydrogen (secondary N) is 1. The van der Waals surface area contributed by atoms with E-state index in [-0.39, 0.29) is 10.5 Å². The van der Waals surface area contributed by atoms with Crippen molar-refractivity contribution in [2.45, 2.75) is 39.5 Å². The van der Waals surface area contributed by atoms with E-state index in [1.807, 2.05) is 0 Å². The first-order valence-electron chi connectivity index (χ1n) is 4.59. The highest BCUT2D eigenvalue weighted by Gasteiger charge is 2.27. The van der Waals surface area contributed by atoms with Crippen LogP contribution in [0.2, 0.25) is 0 Å². The summed E-state index contributed by atoms with van der Waals surface area (Å²) in [7, 11) is -3.57. The molecular formula is C8H17NO4S3. The quantitative estimate of drug-likeness (QED) is 0.437. The van der Waals surface area contributed by atoms with Gasteiger partial charge in [0.1, 0.15) is 0 Å². The molecule has 0 rings (SSSR count). The minimum atomic E-state index is -3.57. The average Bonchev–Trinajstić information content (AvgIpc) is 1.95. The molecule has 8 heteroatoms. The fraction of sp³-hybridized carbons (Fsp3) is 0.875. The number of rotatable bonds is 6. The van der Waals surface area contributed by atoms with Crippen molar-refractivity contribution in [3.8, 4) is 0 Å². The molecule has 0 aromatic rings. The highest BCUT2D eigenvalue weighted by molar-refractivity contribution is 8.10. The standard InChI is InChI=1S/C8H17NO4S3/c1-6(2)12-5-16(10,11)9-8(3,4)13-7(14)15/h6,9H,5H2,1-4H3,(H,14,15). The van der Waals surface area contributed by atoms with Crippen molar-refractivity contribution in [3.63, 3.8) is 0 Å². The summed E-state index contributed by atoms with van der Waals surface area (Å²) in [5, 5.41) is 0. The maximum atomic E-state index is 11.5. The average molecular weight is 287 g/mol. The van der Waals surface area contributed by atoms with Gasteiger partial charge in [-0.2, -0.15) is 4.72 Å². The molecule has 0 aliphatic rings. The Morgan fingerprint density at radius 3 is 2.38 bits per heavy atom. The molecule has 0 amide bonds. The molecule has 0 spiro atoms. The Balaban J connectivity index is 4.40. The van der Waals surface area contributed by atoms with Crippen molar-refractivity contribution in [1.29, 1.82) is 0 Å². The van der Waals surface area contributed by atoms with Crippen molar-refractivity contribution in [1.82, 2.24) is 4.72 Å². The van der Waals surface area contributed by atoms with Gasteiger partial charge in [-0.3, -0.25) is 0 Å². The SMILES string of the molecule is CC(C)OCS(=O)(=O)NC(C)(C)OC(=S)S. The number of thiol groups is 1. The number of hydrogen-bond acceptors (Lipinski definition) is 5. The maximum Gasteiger partial charge on any atom is 0.239 e. The molecule has 0 unspecified atom stereocenters. The largest absolute Gasteiger partial charge is 0.457 e. The lowest BCUT2D eigenvalue weighted by atomic mass is 10.3. The maximum absolute atomic E-state index is 11.5. The molecule has 16 heavy (non-hydrogen) atoms. The van der Waals surface area contributed by atoms with Gasteiger partial charge in [0.05, 0.1) is 6.10 Å². The van der Waals surface area contributed by atoms with Gasteiger partial charge in [-0.05, 0) is 39.9 Å². The summed E-state index contributed by atoms with van der Waals surface area (Å²) in [6.07, 6.45) is -0.161. The van der Waals surface area contributed by atoms with Gasteiger partial charge in [0.15, 0.2) is 11.7 Å². The lowest BCUT2D eigenvalue weighted by molar-refractivity contribution is 0.0856. The molecule has 0 saturated heterocycles. The van der Waals surface area contributed by atoms with Crippen molar-refractivity contribution in [3.05, 3.63) is 0 Å². The van der Waals surface area contributed by atoms with E-state index in [1.165, 1.54) is 13.8 Å². The van der Waals surface area contributed by atoms with Gasteiger partial charge < -0.3 is 9.47 Å². The highest BCUT2D eigenvalue weighted by Crippen LogP contribution is 2.10. The molecule has 5 nitrogen and oxygen atoms in total. The molecule has 1 N–H and O–H groups in total. The molecule has 0 aliphatic heterocycles. The summed E-state index contributed by atoms with van der Waals surface area (Å²) >= 11 is 8.38. The van der Waals surface area contributed by atoms with E-state index < -0.39 is 21.7 Å². The molecule has 0 heterocycles. The van der Waals surface area contributed by atoms with E-state index in [0.29, 0.717) is 0 Å². The van der Waals surface area contributed by atoms with Gasteiger partial charge in [0.25, 0.3) is 0 Å². The topological polar surface area (TPSA) is 64.6 Å². The van der Waals surface area contributed by atoms with Crippen LogP contribution in [0.25, 0.3) is 0 Å². The molecule has 0 aromatic carbocycles. The van der Waals surface area contributed by atoms with E-state index in [4.69, 9.17) is 9.47 Å². The first kappa shape index (κ1) is 16.1. The molecule has 0 saturated carbocycles. The van der Waals surface area contributed by atoms with Crippen LogP contribution < -0.4 is 4.72 Å². The minimum Gasteiger partial charge on any atom is -0.457 e. The van der Waals surface area contributed by atoms with Crippen LogP contribution in [-0.4, -0.2) is 30.6 Å². The summed E-state index contributed by atoms with van der Waals surface area (Å²) in [6.45, 7) is 6.56. The zero-order valence-electron chi connectivity index (χ0n) is 9.68. The van der Waals surface area contributed by atoms with Gasteiger partial charge in [0.2, 0.25) is 14.4 Å². The second-order valence-electron chi connectivity index (χ2n) is 3.93. The second-order valence-corrected chi connectivity index (χ2v) is 6.68. The summed E-state index contributed by atoms with van der Waals surface area (Å²) in [4.78, 5) is 0. The second kappa shape index (κ2) is 6.15. The zero-order chi connectivity index (χ0) is 13.0. The van der Waals surface area contributed by atoms with E-state index in [9.17, 15) is 8.42 Å². The fourth-order valence-corrected chi connectivity index (χ4v) is 2.61. The zero-order valence-corrected chi connectivity index (χ0v) is 12.2. The number of ether oxygens (including phenoxy) is 2. The Morgan fingerprint density at radius 1 is 1.50 bits per heavy atom. The van der Waals surface area contributed by atoms with E-state index >= 15 is 0 Å². The third-order valence-corrected chi connectivity index (χ3v) is 2.72. The highest BCUT2D eigenvalue weighted by atomic mass is 32.2. The monoisotopic (exact) mass is 287 g/mol. The first-order chi connectivity index (χ1) is 7.04. The number of thiocarbonyl (C=S) groups is 1. The van der Waals surface area contributed by atoms with Gasteiger partial charge in [-0.25, -0.2) is 8.42 Å². The Bertz CT molecular complexity index is 337. The molecule has 96 valence electrons. The molecule has 0 bridgehead atoms. The van der Waals surface area contributed by atoms with Crippen molar-refractivity contribution >= 4 is 39.3 Å². The predicted octanol–water partition coefficient (Wildman–Crippen LogP) is 1.26. The van der Waals surface area contributed by atoms with Gasteiger partial charge in [-0.15, -0.1) is 0 Å². The molecule has 0 atom stereocenters. The van der Waals surface area contributed by atoms with Crippen LogP contribution in [-0.2, 0) is 19.5 Å². The third-order valence-electron chi connectivity index (χ3n) is 1.30. The van der Waals surface area contributed by atoms with Gasteiger partial charge in [-0.1, -0.05) is 12.6 Å². The van der Waals surface area contributed by atoms with Crippen LogP contribution in [0, 0.1) is 0 Å². The smallest absolute Gasteiger partial charge is 0.239 e. The van der Waals surface area contributed by atoms with E-state index in [1.54, 1.807) is 13.8 Å². The minimum absolute atomic E-state index is 0.0301. The van der Waals surface area contributed by atoms with Crippen LogP contribution in [0.15, 0.2) is 0 Å². The normalized spacial score (nSPS) is 12.9. The van der Waals surface area contributed by atoms with Crippen LogP contribution in [0.4, 0.5) is 0 Å². The Labute approximate surface area is 107 Å². The summed E-state index contributed by atoms with van der Waals surface area (Å²) in [5.41, 5.74) is -1.14. The summed E-state index contributed by atoms with van der Waals surface area (Å²) in [5.74, 6) is -0.420. The number of sulfonamides is 1. The van der Waals surface area contributed by atoms with Gasteiger partial charge >= 0.3 is 0 Å². The van der Waals surface area contributed by atoms with Crippen LogP contribution in [0.3, 0.4) is 0 Å². The Hall–Kier alpha value is 0.110. The fourth-order valence-electron chi connectivity index (χ4n) is 0.869. The van der Waals surface area contributed by atoms with Crippen molar-refractivity contribution < 1.29 is 17.9 Å². The van der Waals surface area contributed by atoms with E-state index in [0.717, 1.165) is 0 Å². The van der Waals surface area contributed by atoms with Gasteiger partial charge in [0, 0.05) is 0 Å². The summed E-state index contributed by atoms with van der Waals surface area (Å²) in [6, 6.07) is 0.